The van der Waals surface area contributed by atoms with Gasteiger partial charge in [-0.15, -0.1) is 0 Å². The molecule has 0 radical (unpaired) electrons. The Bertz CT molecular complexity index is 248. The molecule has 1 N–H and O–H groups in total. The average molecular weight is 258 g/mol. The van der Waals surface area contributed by atoms with Crippen molar-refractivity contribution < 1.29 is 4.74 Å². The maximum absolute atomic E-state index is 5.10. The molecule has 0 spiro atoms. The first kappa shape index (κ1) is 11.5. The Morgan fingerprint density at radius 3 is 2.50 bits per heavy atom. The van der Waals surface area contributed by atoms with Gasteiger partial charge in [0.05, 0.1) is 7.11 Å². The summed E-state index contributed by atoms with van der Waals surface area (Å²) >= 11 is 3.19. The highest BCUT2D eigenvalue weighted by molar-refractivity contribution is 9.08. The van der Waals surface area contributed by atoms with Crippen molar-refractivity contribution in [1.29, 1.82) is 0 Å². The molecule has 3 heteroatoms. The highest BCUT2D eigenvalue weighted by Crippen LogP contribution is 2.12. The fraction of sp³-hybridized carbons (Fsp3) is 0.455. The summed E-state index contributed by atoms with van der Waals surface area (Å²) in [5.74, 6) is 0.927. The van der Waals surface area contributed by atoms with Crippen LogP contribution in [0.3, 0.4) is 0 Å². The summed E-state index contributed by atoms with van der Waals surface area (Å²) in [6.07, 6.45) is 3.54. The topological polar surface area (TPSA) is 21.3 Å². The number of methoxy groups -OCH3 is 1. The van der Waals surface area contributed by atoms with Gasteiger partial charge in [0.2, 0.25) is 0 Å². The van der Waals surface area contributed by atoms with Crippen molar-refractivity contribution in [3.8, 4) is 5.75 Å². The normalized spacial score (nSPS) is 10.1. The van der Waals surface area contributed by atoms with E-state index in [9.17, 15) is 0 Å². The number of halogens is 1. The number of aryl methyl sites for hydroxylation is 1. The molecule has 1 aromatic rings. The van der Waals surface area contributed by atoms with Crippen molar-refractivity contribution in [1.82, 2.24) is 4.34 Å². The van der Waals surface area contributed by atoms with E-state index in [-0.39, 0.29) is 0 Å². The van der Waals surface area contributed by atoms with Gasteiger partial charge >= 0.3 is 0 Å². The maximum atomic E-state index is 5.10. The molecule has 1 rings (SSSR count). The predicted octanol–water partition coefficient (Wildman–Crippen LogP) is 2.92. The molecular formula is C11H16BrNO. The molecule has 0 aliphatic carbocycles. The third-order valence-electron chi connectivity index (χ3n) is 2.15. The van der Waals surface area contributed by atoms with E-state index in [4.69, 9.17) is 4.74 Å². The molecule has 0 amide bonds. The van der Waals surface area contributed by atoms with Crippen LogP contribution in [0.1, 0.15) is 18.4 Å². The highest BCUT2D eigenvalue weighted by atomic mass is 79.9. The summed E-state index contributed by atoms with van der Waals surface area (Å²) in [4.78, 5) is 0. The van der Waals surface area contributed by atoms with Gasteiger partial charge in [-0.2, -0.15) is 0 Å². The molecule has 78 valence electrons. The van der Waals surface area contributed by atoms with Crippen LogP contribution in [-0.2, 0) is 6.42 Å². The Hall–Kier alpha value is -0.540. The molecule has 0 bridgehead atoms. The van der Waals surface area contributed by atoms with Crippen LogP contribution in [0.15, 0.2) is 24.3 Å². The van der Waals surface area contributed by atoms with E-state index < -0.39 is 0 Å². The van der Waals surface area contributed by atoms with Gasteiger partial charge in [0.15, 0.2) is 0 Å². The number of nitrogens with one attached hydrogen (secondary N) is 1. The van der Waals surface area contributed by atoms with Crippen LogP contribution in [0.25, 0.3) is 0 Å². The van der Waals surface area contributed by atoms with Crippen LogP contribution in [-0.4, -0.2) is 13.7 Å². The molecule has 14 heavy (non-hydrogen) atoms. The zero-order chi connectivity index (χ0) is 10.2. The second kappa shape index (κ2) is 6.85. The van der Waals surface area contributed by atoms with E-state index in [1.54, 1.807) is 7.11 Å². The van der Waals surface area contributed by atoms with Gasteiger partial charge < -0.3 is 4.74 Å². The summed E-state index contributed by atoms with van der Waals surface area (Å²) < 4.78 is 8.06. The van der Waals surface area contributed by atoms with Gasteiger partial charge in [-0.05, 0) is 37.0 Å². The third-order valence-corrected chi connectivity index (χ3v) is 2.54. The predicted molar refractivity (Wildman–Crippen MR) is 62.9 cm³/mol. The average Bonchev–Trinajstić information content (AvgIpc) is 2.25. The number of unbranched alkanes of at least 4 members (excludes halogenated alkanes) is 1. The van der Waals surface area contributed by atoms with Gasteiger partial charge in [-0.1, -0.05) is 12.1 Å². The Kier molecular flexibility index (Phi) is 5.64. The first-order valence-electron chi connectivity index (χ1n) is 4.83. The first-order chi connectivity index (χ1) is 6.86. The molecule has 2 nitrogen and oxygen atoms in total. The van der Waals surface area contributed by atoms with E-state index in [0.29, 0.717) is 0 Å². The minimum atomic E-state index is 0.927. The van der Waals surface area contributed by atoms with Gasteiger partial charge in [0, 0.05) is 22.7 Å². The Balaban J connectivity index is 2.29. The van der Waals surface area contributed by atoms with Crippen molar-refractivity contribution in [2.24, 2.45) is 0 Å². The number of ether oxygens (including phenoxy) is 1. The number of hydrogen-bond acceptors (Lipinski definition) is 2. The number of hydrogen-bond donors (Lipinski definition) is 1. The molecule has 0 aromatic heterocycles. The fourth-order valence-electron chi connectivity index (χ4n) is 1.31. The summed E-state index contributed by atoms with van der Waals surface area (Å²) in [5.41, 5.74) is 1.38. The molecule has 0 aliphatic rings. The lowest BCUT2D eigenvalue weighted by Gasteiger charge is -2.03. The SMILES string of the molecule is COc1ccc(CCCCNBr)cc1. The van der Waals surface area contributed by atoms with Crippen LogP contribution >= 0.6 is 16.1 Å². The Morgan fingerprint density at radius 1 is 1.21 bits per heavy atom. The molecule has 0 atom stereocenters. The highest BCUT2D eigenvalue weighted by Gasteiger charge is 1.94. The van der Waals surface area contributed by atoms with Crippen molar-refractivity contribution >= 4 is 16.1 Å². The lowest BCUT2D eigenvalue weighted by Crippen LogP contribution is -2.00. The molecule has 0 fully saturated rings. The second-order valence-electron chi connectivity index (χ2n) is 3.19. The van der Waals surface area contributed by atoms with Gasteiger partial charge in [0.1, 0.15) is 5.75 Å². The molecular weight excluding hydrogens is 242 g/mol. The lowest BCUT2D eigenvalue weighted by atomic mass is 10.1. The number of rotatable bonds is 6. The van der Waals surface area contributed by atoms with E-state index in [2.05, 4.69) is 32.6 Å². The van der Waals surface area contributed by atoms with E-state index in [0.717, 1.165) is 18.7 Å². The molecule has 0 unspecified atom stereocenters. The van der Waals surface area contributed by atoms with Crippen LogP contribution in [0.2, 0.25) is 0 Å². The lowest BCUT2D eigenvalue weighted by molar-refractivity contribution is 0.414. The zero-order valence-corrected chi connectivity index (χ0v) is 10.0. The van der Waals surface area contributed by atoms with Gasteiger partial charge in [-0.3, -0.25) is 4.34 Å². The van der Waals surface area contributed by atoms with Crippen molar-refractivity contribution in [2.45, 2.75) is 19.3 Å². The molecule has 1 aromatic carbocycles. The van der Waals surface area contributed by atoms with E-state index >= 15 is 0 Å². The van der Waals surface area contributed by atoms with Crippen molar-refractivity contribution in [3.63, 3.8) is 0 Å². The quantitative estimate of drug-likeness (QED) is 0.625. The fourth-order valence-corrected chi connectivity index (χ4v) is 1.59. The Labute approximate surface area is 94.0 Å². The molecule has 0 aliphatic heterocycles. The molecule has 0 saturated carbocycles. The number of benzene rings is 1. The summed E-state index contributed by atoms with van der Waals surface area (Å²) in [5, 5.41) is 0. The summed E-state index contributed by atoms with van der Waals surface area (Å²) in [7, 11) is 1.69. The standard InChI is InChI=1S/C11H16BrNO/c1-14-11-7-5-10(6-8-11)4-2-3-9-13-12/h5-8,13H,2-4,9H2,1H3. The van der Waals surface area contributed by atoms with Crippen LogP contribution < -0.4 is 9.08 Å². The molecule has 0 heterocycles. The van der Waals surface area contributed by atoms with Crippen LogP contribution in [0.4, 0.5) is 0 Å². The minimum Gasteiger partial charge on any atom is -0.497 e. The molecule has 0 saturated heterocycles. The van der Waals surface area contributed by atoms with Crippen LogP contribution in [0, 0.1) is 0 Å². The summed E-state index contributed by atoms with van der Waals surface area (Å²) in [6, 6.07) is 8.27. The third kappa shape index (κ3) is 4.11. The van der Waals surface area contributed by atoms with E-state index in [1.165, 1.54) is 18.4 Å². The monoisotopic (exact) mass is 257 g/mol. The van der Waals surface area contributed by atoms with Gasteiger partial charge in [0.25, 0.3) is 0 Å². The smallest absolute Gasteiger partial charge is 0.118 e. The first-order valence-corrected chi connectivity index (χ1v) is 5.62. The largest absolute Gasteiger partial charge is 0.497 e. The van der Waals surface area contributed by atoms with Crippen molar-refractivity contribution in [2.75, 3.05) is 13.7 Å². The maximum Gasteiger partial charge on any atom is 0.118 e. The second-order valence-corrected chi connectivity index (χ2v) is 3.75. The van der Waals surface area contributed by atoms with Gasteiger partial charge in [-0.25, -0.2) is 0 Å². The van der Waals surface area contributed by atoms with Crippen LogP contribution in [0.5, 0.6) is 5.75 Å². The zero-order valence-electron chi connectivity index (χ0n) is 8.42. The summed E-state index contributed by atoms with van der Waals surface area (Å²) in [6.45, 7) is 1.02. The van der Waals surface area contributed by atoms with Crippen molar-refractivity contribution in [3.05, 3.63) is 29.8 Å². The minimum absolute atomic E-state index is 0.927. The van der Waals surface area contributed by atoms with E-state index in [1.807, 2.05) is 12.1 Å². The Morgan fingerprint density at radius 2 is 1.93 bits per heavy atom.